The molecular weight excluding hydrogens is 2070 g/mol. The Bertz CT molecular complexity index is 3150. The molecule has 1 heterocycles. The molecule has 138 heavy (non-hydrogen) atoms. The van der Waals surface area contributed by atoms with Gasteiger partial charge in [0.1, 0.15) is 72.5 Å². The number of carbonyl (C=O) groups is 24. The van der Waals surface area contributed by atoms with E-state index < -0.39 is 215 Å². The van der Waals surface area contributed by atoms with Crippen LogP contribution in [0.4, 0.5) is 0 Å². The highest BCUT2D eigenvalue weighted by molar-refractivity contribution is 8.78. The van der Waals surface area contributed by atoms with Crippen molar-refractivity contribution in [3.63, 3.8) is 0 Å². The van der Waals surface area contributed by atoms with Crippen LogP contribution in [0.1, 0.15) is 116 Å². The highest BCUT2D eigenvalue weighted by atomic mass is 33.1. The van der Waals surface area contributed by atoms with Crippen LogP contribution in [0.15, 0.2) is 0 Å². The monoisotopic (exact) mass is 2180 g/mol. The van der Waals surface area contributed by atoms with Crippen LogP contribution in [0, 0.1) is 0 Å². The lowest BCUT2D eigenvalue weighted by Crippen LogP contribution is -2.45. The number of ether oxygens (including phenoxy) is 12. The first-order valence-corrected chi connectivity index (χ1v) is 56.7. The molecule has 0 aromatic heterocycles. The average molecular weight is 2190 g/mol. The first-order valence-electron chi connectivity index (χ1n) is 41.8. The summed E-state index contributed by atoms with van der Waals surface area (Å²) in [5.74, 6) is -19.5. The van der Waals surface area contributed by atoms with Gasteiger partial charge >= 0.3 is 71.6 Å². The molecule has 1 rings (SSSR count). The minimum atomic E-state index is -1.23. The summed E-state index contributed by atoms with van der Waals surface area (Å²) in [6.07, 6.45) is -3.79. The second kappa shape index (κ2) is 76.2. The van der Waals surface area contributed by atoms with Gasteiger partial charge in [-0.05, 0) is 38.5 Å². The van der Waals surface area contributed by atoms with Crippen molar-refractivity contribution < 1.29 is 172 Å². The van der Waals surface area contributed by atoms with Gasteiger partial charge in [-0.3, -0.25) is 57.5 Å². The molecule has 780 valence electrons. The van der Waals surface area contributed by atoms with Gasteiger partial charge in [0, 0.05) is 146 Å². The molecular formula is C78H120N12O36S12. The van der Waals surface area contributed by atoms with E-state index in [0.717, 1.165) is 215 Å². The maximum absolute atomic E-state index is 13.1. The summed E-state index contributed by atoms with van der Waals surface area (Å²) in [5.41, 5.74) is 0. The summed E-state index contributed by atoms with van der Waals surface area (Å²) in [7, 11) is 25.2. The molecule has 0 saturated carbocycles. The zero-order valence-corrected chi connectivity index (χ0v) is 87.5. The van der Waals surface area contributed by atoms with E-state index in [4.69, 9.17) is 56.8 Å². The van der Waals surface area contributed by atoms with Gasteiger partial charge < -0.3 is 121 Å². The Morgan fingerprint density at radius 1 is 0.152 bits per heavy atom. The first kappa shape index (κ1) is 127. The number of nitrogens with one attached hydrogen (secondary N) is 12. The SMILES string of the molecule is COC(=O)C1CSSC[C@@H](C(=O)OC)NC(=O)CCCC(=O)NC(C(=O)OC)CSSC[C@@H](C(=O)OC)NC(=O)CCCC(=O)N[C@H](C(=O)OC)CSSCC(C(=O)OC)NC(=O)CCCC(=O)NC(C(=O)OC)CSSC[C@@H](C(=O)OC)NC(=O)CCCC(=O)NC(C(=O)OC)CSSC[C@@H](C(=O)OC)NC(=O)CCCC(=O)N[C@H](C(=O)OC)CSSCC(C(=O)OC)NC(=O)CCCC(=O)N1. The van der Waals surface area contributed by atoms with Crippen LogP contribution < -0.4 is 63.8 Å². The lowest BCUT2D eigenvalue weighted by atomic mass is 10.2. The maximum Gasteiger partial charge on any atom is 0.329 e. The molecule has 0 spiro atoms. The Labute approximate surface area is 844 Å². The summed E-state index contributed by atoms with van der Waals surface area (Å²) >= 11 is 0. The molecule has 12 N–H and O–H groups in total. The zero-order valence-electron chi connectivity index (χ0n) is 77.7. The standard InChI is InChI=1S/C78H120N12O36S12/c1-115-67(103)43-31-127-128-32-44(68(104)116-2)80-57(93)21-14-22-58(94)82-47(71(107)119-5)35-131-132-36-48(72(108)120-6)84-61(97)25-16-26-62(98)86-51(75(111)123-9)39-135-136-40-52(76(112)124-10)88-65(101)29-18-30-66(102)90-54(78(114)126-12)42-138-137-41-53(77(113)125-11)89-64(100)28-17-27-63(99)87-50(74(110)122-8)38-134-133-37-49(73(109)121-7)85-60(96)24-15-23-59(95)83-46(70(106)118-4)34-130-129-33-45(69(105)117-3)81-56(92)20-13-19-55(91)79-43/h43-54H,13-42H2,1-12H3,(H,79,91)(H,80,93)(H,81,92)(H,82,94)(H,83,95)(H,84,97)(H,85,96)(H,86,98)(H,87,99)(H,88,101)(H,89,100)(H,90,102)/t43-,44?,45-,46?,47-,48?,49?,50-,51?,52-,53?,54-/m0/s1. The third-order valence-electron chi connectivity index (χ3n) is 18.0. The van der Waals surface area contributed by atoms with E-state index in [2.05, 4.69) is 63.8 Å². The highest BCUT2D eigenvalue weighted by Gasteiger charge is 2.34. The van der Waals surface area contributed by atoms with Gasteiger partial charge in [0.2, 0.25) is 70.9 Å². The average Bonchev–Trinajstić information content (AvgIpc) is 0.910. The minimum absolute atomic E-state index is 0.0701. The van der Waals surface area contributed by atoms with Gasteiger partial charge in [0.15, 0.2) is 0 Å². The van der Waals surface area contributed by atoms with Crippen molar-refractivity contribution >= 4 is 272 Å². The summed E-state index contributed by atoms with van der Waals surface area (Å²) in [4.78, 5) is 311. The van der Waals surface area contributed by atoms with E-state index in [1.54, 1.807) is 0 Å². The molecule has 0 aromatic carbocycles. The van der Waals surface area contributed by atoms with Crippen LogP contribution in [0.5, 0.6) is 0 Å². The van der Waals surface area contributed by atoms with E-state index in [1.807, 2.05) is 0 Å². The predicted octanol–water partition coefficient (Wildman–Crippen LogP) is -0.796. The molecule has 0 aliphatic carbocycles. The van der Waals surface area contributed by atoms with Gasteiger partial charge in [0.05, 0.1) is 85.3 Å². The van der Waals surface area contributed by atoms with Crippen molar-refractivity contribution in [3.05, 3.63) is 0 Å². The van der Waals surface area contributed by atoms with E-state index in [0.29, 0.717) is 0 Å². The van der Waals surface area contributed by atoms with Crippen molar-refractivity contribution in [2.45, 2.75) is 188 Å². The lowest BCUT2D eigenvalue weighted by Gasteiger charge is -2.19. The van der Waals surface area contributed by atoms with E-state index in [1.165, 1.54) is 0 Å². The van der Waals surface area contributed by atoms with E-state index in [9.17, 15) is 115 Å². The fraction of sp³-hybridized carbons (Fsp3) is 0.692. The third kappa shape index (κ3) is 56.8. The largest absolute Gasteiger partial charge is 0.467 e. The Balaban J connectivity index is 3.34. The number of hydrogen-bond acceptors (Lipinski definition) is 48. The normalized spacial score (nSPS) is 24.1. The van der Waals surface area contributed by atoms with Crippen molar-refractivity contribution in [1.29, 1.82) is 0 Å². The molecule has 12 amide bonds. The van der Waals surface area contributed by atoms with Crippen molar-refractivity contribution in [2.24, 2.45) is 0 Å². The molecule has 48 nitrogen and oxygen atoms in total. The van der Waals surface area contributed by atoms with Crippen LogP contribution in [0.2, 0.25) is 0 Å². The zero-order chi connectivity index (χ0) is 103. The Kier molecular flexibility index (Phi) is 70.4. The van der Waals surface area contributed by atoms with Gasteiger partial charge in [-0.2, -0.15) is 0 Å². The quantitative estimate of drug-likeness (QED) is 0.0647. The second-order valence-corrected chi connectivity index (χ2v) is 43.6. The molecule has 60 heteroatoms. The van der Waals surface area contributed by atoms with Crippen LogP contribution in [0.3, 0.4) is 0 Å². The first-order chi connectivity index (χ1) is 65.8. The number of rotatable bonds is 12. The van der Waals surface area contributed by atoms with Crippen molar-refractivity contribution in [2.75, 3.05) is 154 Å². The third-order valence-corrected chi connectivity index (χ3v) is 32.5. The van der Waals surface area contributed by atoms with Gasteiger partial charge in [-0.25, -0.2) is 57.5 Å². The molecule has 1 aliphatic rings. The molecule has 0 bridgehead atoms. The summed E-state index contributed by atoms with van der Waals surface area (Å²) in [6, 6.07) is -14.8. The summed E-state index contributed by atoms with van der Waals surface area (Å²) in [5, 5.41) is 30.4. The number of hydrogen-bond donors (Lipinski definition) is 12. The molecule has 12 atom stereocenters. The lowest BCUT2D eigenvalue weighted by molar-refractivity contribution is -0.145. The molecule has 1 aliphatic heterocycles. The number of esters is 12. The van der Waals surface area contributed by atoms with Crippen molar-refractivity contribution in [1.82, 2.24) is 63.8 Å². The topological polar surface area (TPSA) is 665 Å². The van der Waals surface area contributed by atoms with Crippen molar-refractivity contribution in [3.8, 4) is 0 Å². The van der Waals surface area contributed by atoms with Crippen LogP contribution >= 0.6 is 130 Å². The number of amides is 12. The maximum atomic E-state index is 13.1. The van der Waals surface area contributed by atoms with Gasteiger partial charge in [0.25, 0.3) is 0 Å². The van der Waals surface area contributed by atoms with E-state index >= 15 is 0 Å². The molecule has 0 radical (unpaired) electrons. The smallest absolute Gasteiger partial charge is 0.329 e. The molecule has 0 aromatic rings. The Morgan fingerprint density at radius 3 is 0.275 bits per heavy atom. The highest BCUT2D eigenvalue weighted by Crippen LogP contribution is 2.30. The number of carbonyl (C=O) groups excluding carboxylic acids is 24. The fourth-order valence-corrected chi connectivity index (χ4v) is 24.6. The predicted molar refractivity (Wildman–Crippen MR) is 520 cm³/mol. The molecule has 1 fully saturated rings. The van der Waals surface area contributed by atoms with Crippen LogP contribution in [-0.2, 0) is 172 Å². The second-order valence-electron chi connectivity index (χ2n) is 28.3. The van der Waals surface area contributed by atoms with Gasteiger partial charge in [-0.1, -0.05) is 130 Å². The molecule has 6 unspecified atom stereocenters. The Hall–Kier alpha value is -8.52. The summed E-state index contributed by atoms with van der Waals surface area (Å²) < 4.78 is 58.5. The van der Waals surface area contributed by atoms with Crippen LogP contribution in [0.25, 0.3) is 0 Å². The molecule has 1 saturated heterocycles. The minimum Gasteiger partial charge on any atom is -0.467 e. The van der Waals surface area contributed by atoms with Crippen LogP contribution in [-0.4, -0.2) is 369 Å². The van der Waals surface area contributed by atoms with Gasteiger partial charge in [-0.15, -0.1) is 0 Å². The fourth-order valence-electron chi connectivity index (χ4n) is 10.8. The Morgan fingerprint density at radius 2 is 0.217 bits per heavy atom. The number of methoxy groups -OCH3 is 12. The van der Waals surface area contributed by atoms with E-state index in [-0.39, 0.29) is 185 Å². The summed E-state index contributed by atoms with van der Waals surface area (Å²) in [6.45, 7) is 0.